The van der Waals surface area contributed by atoms with E-state index in [1.165, 1.54) is 73.0 Å². The number of thiazole rings is 1. The highest BCUT2D eigenvalue weighted by Crippen LogP contribution is 2.46. The zero-order chi connectivity index (χ0) is 35.6. The quantitative estimate of drug-likeness (QED) is 0.169. The van der Waals surface area contributed by atoms with Crippen molar-refractivity contribution in [1.82, 2.24) is 4.98 Å². The van der Waals surface area contributed by atoms with E-state index in [-0.39, 0.29) is 0 Å². The molecule has 2 nitrogen and oxygen atoms in total. The van der Waals surface area contributed by atoms with Crippen LogP contribution in [0.1, 0.15) is 0 Å². The first-order valence-electron chi connectivity index (χ1n) is 18.0. The van der Waals surface area contributed by atoms with Crippen LogP contribution in [0.4, 0.5) is 17.1 Å². The van der Waals surface area contributed by atoms with Gasteiger partial charge in [-0.2, -0.15) is 0 Å². The lowest BCUT2D eigenvalue weighted by Gasteiger charge is -2.26. The molecule has 0 aliphatic rings. The maximum Gasteiger partial charge on any atom is 0.124 e. The van der Waals surface area contributed by atoms with Crippen LogP contribution in [0.2, 0.25) is 0 Å². The zero-order valence-electron chi connectivity index (χ0n) is 28.9. The van der Waals surface area contributed by atoms with Crippen molar-refractivity contribution in [3.63, 3.8) is 0 Å². The van der Waals surface area contributed by atoms with Gasteiger partial charge in [0, 0.05) is 52.6 Å². The van der Waals surface area contributed by atoms with Crippen molar-refractivity contribution in [1.29, 1.82) is 0 Å². The van der Waals surface area contributed by atoms with E-state index in [1.807, 2.05) is 22.7 Å². The normalized spacial score (nSPS) is 11.7. The fourth-order valence-electron chi connectivity index (χ4n) is 7.71. The van der Waals surface area contributed by atoms with E-state index >= 15 is 0 Å². The summed E-state index contributed by atoms with van der Waals surface area (Å²) in [5.41, 5.74) is 10.5. The van der Waals surface area contributed by atoms with Crippen molar-refractivity contribution in [3.8, 4) is 32.8 Å². The molecule has 5 heteroatoms. The molecule has 0 saturated carbocycles. The maximum absolute atomic E-state index is 5.20. The average molecular weight is 743 g/mol. The van der Waals surface area contributed by atoms with Gasteiger partial charge in [-0.25, -0.2) is 4.98 Å². The van der Waals surface area contributed by atoms with Gasteiger partial charge < -0.3 is 4.90 Å². The molecule has 54 heavy (non-hydrogen) atoms. The maximum atomic E-state index is 5.20. The van der Waals surface area contributed by atoms with E-state index < -0.39 is 0 Å². The molecule has 0 amide bonds. The standard InChI is InChI=1S/C49H30N2S3/c1-3-10-31(11-4-1)32-18-23-36(24-19-32)51(41-16-9-15-39-38-14-7-8-17-42(38)53-48(39)41)37-25-20-33(21-26-37)35-22-27-43-40(30-35)46-44(52-43)28-29-45-47(46)50-49(54-45)34-12-5-2-6-13-34/h1-30H. The molecule has 3 heterocycles. The van der Waals surface area contributed by atoms with Crippen LogP contribution in [0.3, 0.4) is 0 Å². The zero-order valence-corrected chi connectivity index (χ0v) is 31.4. The highest BCUT2D eigenvalue weighted by atomic mass is 32.1. The molecule has 11 aromatic rings. The number of thiophene rings is 2. The number of rotatable bonds is 6. The molecule has 3 aromatic heterocycles. The number of hydrogen-bond donors (Lipinski definition) is 0. The molecule has 11 rings (SSSR count). The van der Waals surface area contributed by atoms with Crippen LogP contribution in [0, 0.1) is 0 Å². The van der Waals surface area contributed by atoms with E-state index in [1.54, 1.807) is 11.3 Å². The molecule has 0 aliphatic heterocycles. The lowest BCUT2D eigenvalue weighted by Crippen LogP contribution is -2.10. The molecule has 0 aliphatic carbocycles. The van der Waals surface area contributed by atoms with Crippen LogP contribution in [0.5, 0.6) is 0 Å². The third kappa shape index (κ3) is 5.24. The third-order valence-corrected chi connectivity index (χ3v) is 13.7. The first-order valence-corrected chi connectivity index (χ1v) is 20.5. The van der Waals surface area contributed by atoms with E-state index in [2.05, 4.69) is 187 Å². The molecule has 0 radical (unpaired) electrons. The minimum atomic E-state index is 1.06. The van der Waals surface area contributed by atoms with Crippen molar-refractivity contribution >= 4 is 102 Å². The average Bonchev–Trinajstić information content (AvgIpc) is 3.96. The second kappa shape index (κ2) is 12.8. The minimum Gasteiger partial charge on any atom is -0.309 e. The van der Waals surface area contributed by atoms with Crippen LogP contribution >= 0.6 is 34.0 Å². The lowest BCUT2D eigenvalue weighted by molar-refractivity contribution is 1.30. The van der Waals surface area contributed by atoms with Gasteiger partial charge in [0.2, 0.25) is 0 Å². The van der Waals surface area contributed by atoms with E-state index in [9.17, 15) is 0 Å². The molecule has 254 valence electrons. The SMILES string of the molecule is c1ccc(-c2ccc(N(c3ccc(-c4ccc5sc6ccc7sc(-c8ccccc8)nc7c6c5c4)cc3)c3cccc4c3sc3ccccc34)cc2)cc1. The van der Waals surface area contributed by atoms with Crippen LogP contribution in [-0.2, 0) is 0 Å². The van der Waals surface area contributed by atoms with Crippen LogP contribution in [-0.4, -0.2) is 4.98 Å². The fourth-order valence-corrected chi connectivity index (χ4v) is 11.0. The second-order valence-corrected chi connectivity index (χ2v) is 16.7. The van der Waals surface area contributed by atoms with Gasteiger partial charge in [0.25, 0.3) is 0 Å². The molecule has 0 fully saturated rings. The molecular weight excluding hydrogens is 713 g/mol. The topological polar surface area (TPSA) is 16.1 Å². The fraction of sp³-hybridized carbons (Fsp3) is 0. The predicted molar refractivity (Wildman–Crippen MR) is 236 cm³/mol. The lowest BCUT2D eigenvalue weighted by atomic mass is 10.0. The number of aromatic nitrogens is 1. The first-order chi connectivity index (χ1) is 26.7. The van der Waals surface area contributed by atoms with Crippen LogP contribution in [0.25, 0.3) is 83.4 Å². The Hall–Kier alpha value is -6.11. The molecule has 0 unspecified atom stereocenters. The molecule has 0 saturated heterocycles. The van der Waals surface area contributed by atoms with Gasteiger partial charge in [0.1, 0.15) is 5.01 Å². The van der Waals surface area contributed by atoms with Crippen molar-refractivity contribution in [3.05, 3.63) is 182 Å². The molecule has 0 atom stereocenters. The highest BCUT2D eigenvalue weighted by Gasteiger charge is 2.19. The van der Waals surface area contributed by atoms with E-state index in [0.29, 0.717) is 0 Å². The molecule has 0 bridgehead atoms. The summed E-state index contributed by atoms with van der Waals surface area (Å²) in [7, 11) is 0. The van der Waals surface area contributed by atoms with E-state index in [0.717, 1.165) is 27.5 Å². The number of anilines is 3. The van der Waals surface area contributed by atoms with Gasteiger partial charge in [0.05, 0.1) is 20.6 Å². The Kier molecular flexibility index (Phi) is 7.44. The summed E-state index contributed by atoms with van der Waals surface area (Å²) in [6, 6.07) is 66.0. The smallest absolute Gasteiger partial charge is 0.124 e. The number of benzene rings is 8. The Morgan fingerprint density at radius 3 is 1.70 bits per heavy atom. The summed E-state index contributed by atoms with van der Waals surface area (Å²) in [4.78, 5) is 7.61. The number of hydrogen-bond acceptors (Lipinski definition) is 5. The first kappa shape index (κ1) is 31.4. The molecular formula is C49H30N2S3. The van der Waals surface area contributed by atoms with Crippen LogP contribution in [0.15, 0.2) is 182 Å². The largest absolute Gasteiger partial charge is 0.309 e. The van der Waals surface area contributed by atoms with Gasteiger partial charge in [-0.05, 0) is 82.9 Å². The van der Waals surface area contributed by atoms with Gasteiger partial charge in [0.15, 0.2) is 0 Å². The Balaban J connectivity index is 1.02. The summed E-state index contributed by atoms with van der Waals surface area (Å²) in [6.07, 6.45) is 0. The Bertz CT molecular complexity index is 3140. The Morgan fingerprint density at radius 1 is 0.370 bits per heavy atom. The predicted octanol–water partition coefficient (Wildman–Crippen LogP) is 15.5. The van der Waals surface area contributed by atoms with Crippen molar-refractivity contribution in [2.24, 2.45) is 0 Å². The summed E-state index contributed by atoms with van der Waals surface area (Å²) in [5, 5.41) is 6.18. The summed E-state index contributed by atoms with van der Waals surface area (Å²) in [5.74, 6) is 0. The Morgan fingerprint density at radius 2 is 0.944 bits per heavy atom. The summed E-state index contributed by atoms with van der Waals surface area (Å²) < 4.78 is 6.38. The van der Waals surface area contributed by atoms with Crippen LogP contribution < -0.4 is 4.90 Å². The van der Waals surface area contributed by atoms with Gasteiger partial charge in [-0.3, -0.25) is 0 Å². The van der Waals surface area contributed by atoms with Crippen molar-refractivity contribution in [2.75, 3.05) is 4.90 Å². The third-order valence-electron chi connectivity index (χ3n) is 10.3. The molecule has 0 N–H and O–H groups in total. The summed E-state index contributed by atoms with van der Waals surface area (Å²) in [6.45, 7) is 0. The molecule has 0 spiro atoms. The monoisotopic (exact) mass is 742 g/mol. The van der Waals surface area contributed by atoms with E-state index in [4.69, 9.17) is 4.98 Å². The minimum absolute atomic E-state index is 1.06. The highest BCUT2D eigenvalue weighted by molar-refractivity contribution is 7.27. The van der Waals surface area contributed by atoms with Crippen molar-refractivity contribution < 1.29 is 0 Å². The summed E-state index contributed by atoms with van der Waals surface area (Å²) >= 11 is 5.48. The molecule has 8 aromatic carbocycles. The second-order valence-electron chi connectivity index (χ2n) is 13.5. The number of nitrogens with zero attached hydrogens (tertiary/aromatic N) is 2. The van der Waals surface area contributed by atoms with Gasteiger partial charge >= 0.3 is 0 Å². The van der Waals surface area contributed by atoms with Gasteiger partial charge in [-0.1, -0.05) is 121 Å². The Labute approximate surface area is 324 Å². The van der Waals surface area contributed by atoms with Crippen molar-refractivity contribution in [2.45, 2.75) is 0 Å². The van der Waals surface area contributed by atoms with Gasteiger partial charge in [-0.15, -0.1) is 34.0 Å². The number of fused-ring (bicyclic) bond motifs is 8.